The number of ether oxygens (including phenoxy) is 1. The van der Waals surface area contributed by atoms with E-state index in [1.54, 1.807) is 35.9 Å². The normalized spacial score (nSPS) is 11.6. The Bertz CT molecular complexity index is 1840. The predicted molar refractivity (Wildman–Crippen MR) is 152 cm³/mol. The van der Waals surface area contributed by atoms with Gasteiger partial charge in [0.25, 0.3) is 0 Å². The van der Waals surface area contributed by atoms with Crippen LogP contribution < -0.4 is 10.1 Å². The minimum absolute atomic E-state index is 0.0647. The van der Waals surface area contributed by atoms with Crippen LogP contribution in [0.4, 0.5) is 14.5 Å². The number of allylic oxidation sites excluding steroid dienone is 1. The number of rotatable bonds is 7. The van der Waals surface area contributed by atoms with Crippen molar-refractivity contribution in [3.8, 4) is 16.9 Å². The molecule has 2 aromatic carbocycles. The quantitative estimate of drug-likeness (QED) is 0.131. The SMILES string of the molecule is COc1cc2c(nc(C)n2C)c(Cl)c1-c1cccn2c(C(=O)c3cc(F)c(NC(=O)/C=C/CCl)c(F)c3)ccc12. The van der Waals surface area contributed by atoms with Gasteiger partial charge in [-0.05, 0) is 37.3 Å². The van der Waals surface area contributed by atoms with Crippen LogP contribution in [0.15, 0.2) is 60.8 Å². The van der Waals surface area contributed by atoms with Gasteiger partial charge in [-0.1, -0.05) is 23.7 Å². The molecule has 0 bridgehead atoms. The van der Waals surface area contributed by atoms with Gasteiger partial charge < -0.3 is 19.0 Å². The number of anilines is 1. The van der Waals surface area contributed by atoms with E-state index < -0.39 is 29.0 Å². The first-order valence-corrected chi connectivity index (χ1v) is 12.9. The maximum atomic E-state index is 14.8. The molecular formula is C29H22Cl2F2N4O3. The number of fused-ring (bicyclic) bond motifs is 2. The number of hydrogen-bond acceptors (Lipinski definition) is 4. The van der Waals surface area contributed by atoms with Crippen LogP contribution in [-0.2, 0) is 11.8 Å². The van der Waals surface area contributed by atoms with Crippen LogP contribution >= 0.6 is 23.2 Å². The van der Waals surface area contributed by atoms with Crippen molar-refractivity contribution in [2.45, 2.75) is 6.92 Å². The van der Waals surface area contributed by atoms with E-state index in [4.69, 9.17) is 27.9 Å². The van der Waals surface area contributed by atoms with Crippen molar-refractivity contribution in [2.24, 2.45) is 7.05 Å². The molecule has 11 heteroatoms. The second kappa shape index (κ2) is 10.7. The predicted octanol–water partition coefficient (Wildman–Crippen LogP) is 6.71. The third-order valence-corrected chi connectivity index (χ3v) is 7.18. The number of aryl methyl sites for hydroxylation is 2. The lowest BCUT2D eigenvalue weighted by Gasteiger charge is -2.14. The van der Waals surface area contributed by atoms with E-state index in [0.29, 0.717) is 32.9 Å². The number of amides is 1. The highest BCUT2D eigenvalue weighted by atomic mass is 35.5. The zero-order valence-corrected chi connectivity index (χ0v) is 23.1. The zero-order chi connectivity index (χ0) is 28.7. The fourth-order valence-corrected chi connectivity index (χ4v) is 5.04. The van der Waals surface area contributed by atoms with E-state index in [0.717, 1.165) is 29.5 Å². The molecule has 5 aromatic rings. The number of halogens is 4. The van der Waals surface area contributed by atoms with Crippen molar-refractivity contribution in [2.75, 3.05) is 18.3 Å². The summed E-state index contributed by atoms with van der Waals surface area (Å²) in [5.41, 5.74) is 2.59. The highest BCUT2D eigenvalue weighted by molar-refractivity contribution is 6.38. The molecule has 0 unspecified atom stereocenters. The lowest BCUT2D eigenvalue weighted by atomic mass is 10.0. The minimum Gasteiger partial charge on any atom is -0.496 e. The molecular weight excluding hydrogens is 561 g/mol. The number of hydrogen-bond donors (Lipinski definition) is 1. The number of nitrogens with zero attached hydrogens (tertiary/aromatic N) is 3. The number of benzene rings is 2. The number of methoxy groups -OCH3 is 1. The highest BCUT2D eigenvalue weighted by Gasteiger charge is 2.23. The first kappa shape index (κ1) is 27.4. The van der Waals surface area contributed by atoms with Crippen molar-refractivity contribution in [3.63, 3.8) is 0 Å². The van der Waals surface area contributed by atoms with Crippen molar-refractivity contribution in [1.29, 1.82) is 0 Å². The van der Waals surface area contributed by atoms with Gasteiger partial charge in [0.05, 0.1) is 28.9 Å². The van der Waals surface area contributed by atoms with Gasteiger partial charge in [0.15, 0.2) is 0 Å². The van der Waals surface area contributed by atoms with Crippen molar-refractivity contribution >= 4 is 57.1 Å². The van der Waals surface area contributed by atoms with E-state index in [-0.39, 0.29) is 17.1 Å². The average molecular weight is 583 g/mol. The first-order chi connectivity index (χ1) is 19.2. The zero-order valence-electron chi connectivity index (χ0n) is 21.6. The molecule has 3 heterocycles. The lowest BCUT2D eigenvalue weighted by Crippen LogP contribution is -2.13. The fourth-order valence-electron chi connectivity index (χ4n) is 4.61. The first-order valence-electron chi connectivity index (χ1n) is 12.0. The molecule has 1 amide bonds. The van der Waals surface area contributed by atoms with Crippen LogP contribution in [0.25, 0.3) is 27.7 Å². The van der Waals surface area contributed by atoms with Gasteiger partial charge in [0.1, 0.15) is 34.4 Å². The molecule has 0 aliphatic carbocycles. The largest absolute Gasteiger partial charge is 0.496 e. The van der Waals surface area contributed by atoms with Crippen molar-refractivity contribution < 1.29 is 23.1 Å². The van der Waals surface area contributed by atoms with Gasteiger partial charge in [-0.25, -0.2) is 13.8 Å². The number of nitrogens with one attached hydrogen (secondary N) is 1. The van der Waals surface area contributed by atoms with Gasteiger partial charge in [-0.3, -0.25) is 9.59 Å². The Morgan fingerprint density at radius 2 is 1.85 bits per heavy atom. The number of carbonyl (C=O) groups is 2. The third kappa shape index (κ3) is 4.61. The van der Waals surface area contributed by atoms with Gasteiger partial charge in [-0.2, -0.15) is 0 Å². The third-order valence-electron chi connectivity index (χ3n) is 6.63. The number of aromatic nitrogens is 3. The number of ketones is 1. The van der Waals surface area contributed by atoms with Crippen LogP contribution in [0.3, 0.4) is 0 Å². The summed E-state index contributed by atoms with van der Waals surface area (Å²) in [6, 6.07) is 10.5. The Morgan fingerprint density at radius 1 is 1.12 bits per heavy atom. The summed E-state index contributed by atoms with van der Waals surface area (Å²) in [6.45, 7) is 1.87. The van der Waals surface area contributed by atoms with Crippen LogP contribution in [0, 0.1) is 18.6 Å². The molecule has 0 spiro atoms. The fraction of sp³-hybridized carbons (Fsp3) is 0.138. The van der Waals surface area contributed by atoms with Crippen molar-refractivity contribution in [1.82, 2.24) is 14.0 Å². The maximum Gasteiger partial charge on any atom is 0.248 e. The number of imidazole rings is 1. The summed E-state index contributed by atoms with van der Waals surface area (Å²) in [5.74, 6) is -2.19. The summed E-state index contributed by atoms with van der Waals surface area (Å²) in [7, 11) is 3.43. The molecule has 0 saturated heterocycles. The number of carbonyl (C=O) groups excluding carboxylic acids is 2. The molecule has 7 nitrogen and oxygen atoms in total. The molecule has 0 aliphatic heterocycles. The topological polar surface area (TPSA) is 77.6 Å². The lowest BCUT2D eigenvalue weighted by molar-refractivity contribution is -0.112. The molecule has 0 atom stereocenters. The van der Waals surface area contributed by atoms with Crippen LogP contribution in [-0.4, -0.2) is 38.6 Å². The molecule has 0 aliphatic rings. The smallest absolute Gasteiger partial charge is 0.248 e. The van der Waals surface area contributed by atoms with Crippen LogP contribution in [0.5, 0.6) is 5.75 Å². The Morgan fingerprint density at radius 3 is 2.52 bits per heavy atom. The van der Waals surface area contributed by atoms with Gasteiger partial charge in [-0.15, -0.1) is 11.6 Å². The average Bonchev–Trinajstić information content (AvgIpc) is 3.50. The van der Waals surface area contributed by atoms with E-state index in [1.165, 1.54) is 6.08 Å². The van der Waals surface area contributed by atoms with Gasteiger partial charge in [0.2, 0.25) is 11.7 Å². The van der Waals surface area contributed by atoms with Gasteiger partial charge in [0, 0.05) is 48.0 Å². The van der Waals surface area contributed by atoms with Gasteiger partial charge >= 0.3 is 0 Å². The van der Waals surface area contributed by atoms with Crippen LogP contribution in [0.2, 0.25) is 5.02 Å². The van der Waals surface area contributed by atoms with E-state index >= 15 is 0 Å². The van der Waals surface area contributed by atoms with Crippen molar-refractivity contribution in [3.05, 3.63) is 94.6 Å². The number of pyridine rings is 1. The monoisotopic (exact) mass is 582 g/mol. The molecule has 0 fully saturated rings. The molecule has 0 radical (unpaired) electrons. The number of alkyl halides is 1. The molecule has 1 N–H and O–H groups in total. The molecule has 5 rings (SSSR count). The summed E-state index contributed by atoms with van der Waals surface area (Å²) >= 11 is 12.4. The Kier molecular flexibility index (Phi) is 7.35. The Hall–Kier alpha value is -4.21. The second-order valence-corrected chi connectivity index (χ2v) is 9.63. The Balaban J connectivity index is 1.58. The van der Waals surface area contributed by atoms with Crippen LogP contribution in [0.1, 0.15) is 21.9 Å². The standard InChI is InChI=1S/C29H22Cl2F2N4O3/c1-15-34-28-22(36(15)2)14-23(40-3)25(26(28)31)17-6-5-11-37-20(17)8-9-21(37)29(39)16-12-18(32)27(19(33)13-16)35-24(38)7-4-10-30/h4-9,11-14H,10H2,1-3H3,(H,35,38)/b7-4+. The summed E-state index contributed by atoms with van der Waals surface area (Å²) < 4.78 is 38.8. The Labute approximate surface area is 237 Å². The minimum atomic E-state index is -1.09. The maximum absolute atomic E-state index is 14.8. The summed E-state index contributed by atoms with van der Waals surface area (Å²) in [4.78, 5) is 29.9. The van der Waals surface area contributed by atoms with E-state index in [9.17, 15) is 18.4 Å². The summed E-state index contributed by atoms with van der Waals surface area (Å²) in [6.07, 6.45) is 4.05. The second-order valence-electron chi connectivity index (χ2n) is 8.94. The molecule has 204 valence electrons. The van der Waals surface area contributed by atoms with E-state index in [1.807, 2.05) is 30.7 Å². The molecule has 40 heavy (non-hydrogen) atoms. The summed E-state index contributed by atoms with van der Waals surface area (Å²) in [5, 5.41) is 2.51. The molecule has 3 aromatic heterocycles. The van der Waals surface area contributed by atoms with E-state index in [2.05, 4.69) is 10.3 Å². The molecule has 0 saturated carbocycles. The highest BCUT2D eigenvalue weighted by Crippen LogP contribution is 2.43.